The lowest BCUT2D eigenvalue weighted by Crippen LogP contribution is -2.18. The Morgan fingerprint density at radius 1 is 1.43 bits per heavy atom. The highest BCUT2D eigenvalue weighted by molar-refractivity contribution is 6.31. The SMILES string of the molecule is CCn1nc(C)c(Cl)c1COc1ccc(CC(C)N)nc1. The average Bonchev–Trinajstić information content (AvgIpc) is 2.73. The number of aromatic nitrogens is 3. The third kappa shape index (κ3) is 3.95. The maximum Gasteiger partial charge on any atom is 0.138 e. The van der Waals surface area contributed by atoms with E-state index < -0.39 is 0 Å². The van der Waals surface area contributed by atoms with Crippen molar-refractivity contribution in [2.24, 2.45) is 5.73 Å². The van der Waals surface area contributed by atoms with Gasteiger partial charge in [-0.15, -0.1) is 0 Å². The molecule has 2 aromatic rings. The van der Waals surface area contributed by atoms with Crippen LogP contribution in [0.4, 0.5) is 0 Å². The summed E-state index contributed by atoms with van der Waals surface area (Å²) in [6.45, 7) is 7.01. The van der Waals surface area contributed by atoms with Crippen LogP contribution in [0.5, 0.6) is 5.75 Å². The molecule has 2 heterocycles. The molecule has 0 aliphatic rings. The van der Waals surface area contributed by atoms with Crippen LogP contribution >= 0.6 is 11.6 Å². The second-order valence-electron chi connectivity index (χ2n) is 5.12. The number of aryl methyl sites for hydroxylation is 2. The molecule has 0 amide bonds. The number of pyridine rings is 1. The van der Waals surface area contributed by atoms with Crippen molar-refractivity contribution >= 4 is 11.6 Å². The fourth-order valence-corrected chi connectivity index (χ4v) is 2.30. The zero-order valence-electron chi connectivity index (χ0n) is 12.6. The summed E-state index contributed by atoms with van der Waals surface area (Å²) in [6.07, 6.45) is 2.47. The van der Waals surface area contributed by atoms with Crippen LogP contribution in [0, 0.1) is 6.92 Å². The minimum atomic E-state index is 0.102. The van der Waals surface area contributed by atoms with E-state index >= 15 is 0 Å². The Hall–Kier alpha value is -1.59. The molecular formula is C15H21ClN4O. The van der Waals surface area contributed by atoms with E-state index in [2.05, 4.69) is 10.1 Å². The minimum absolute atomic E-state index is 0.102. The van der Waals surface area contributed by atoms with Crippen molar-refractivity contribution in [1.29, 1.82) is 0 Å². The van der Waals surface area contributed by atoms with E-state index in [1.165, 1.54) is 0 Å². The van der Waals surface area contributed by atoms with Crippen LogP contribution in [-0.4, -0.2) is 20.8 Å². The van der Waals surface area contributed by atoms with Crippen molar-refractivity contribution in [2.75, 3.05) is 0 Å². The minimum Gasteiger partial charge on any atom is -0.486 e. The molecule has 0 saturated carbocycles. The zero-order chi connectivity index (χ0) is 15.4. The molecule has 0 saturated heterocycles. The summed E-state index contributed by atoms with van der Waals surface area (Å²) >= 11 is 6.25. The van der Waals surface area contributed by atoms with Crippen LogP contribution in [-0.2, 0) is 19.6 Å². The Bertz CT molecular complexity index is 592. The van der Waals surface area contributed by atoms with Gasteiger partial charge in [-0.05, 0) is 32.9 Å². The van der Waals surface area contributed by atoms with Crippen LogP contribution in [0.15, 0.2) is 18.3 Å². The monoisotopic (exact) mass is 308 g/mol. The molecule has 0 radical (unpaired) electrons. The number of nitrogens with two attached hydrogens (primary N) is 1. The number of halogens is 1. The summed E-state index contributed by atoms with van der Waals surface area (Å²) in [5, 5.41) is 5.03. The van der Waals surface area contributed by atoms with Gasteiger partial charge < -0.3 is 10.5 Å². The van der Waals surface area contributed by atoms with Gasteiger partial charge >= 0.3 is 0 Å². The van der Waals surface area contributed by atoms with Gasteiger partial charge in [0.15, 0.2) is 0 Å². The van der Waals surface area contributed by atoms with E-state index in [4.69, 9.17) is 22.1 Å². The number of nitrogens with zero attached hydrogens (tertiary/aromatic N) is 3. The summed E-state index contributed by atoms with van der Waals surface area (Å²) < 4.78 is 7.61. The summed E-state index contributed by atoms with van der Waals surface area (Å²) in [5.74, 6) is 0.709. The number of rotatable bonds is 6. The molecule has 5 nitrogen and oxygen atoms in total. The van der Waals surface area contributed by atoms with Crippen molar-refractivity contribution in [3.05, 3.63) is 40.4 Å². The molecule has 114 valence electrons. The van der Waals surface area contributed by atoms with Gasteiger partial charge in [0.2, 0.25) is 0 Å². The van der Waals surface area contributed by atoms with E-state index in [0.717, 1.165) is 30.0 Å². The number of hydrogen-bond acceptors (Lipinski definition) is 4. The normalized spacial score (nSPS) is 12.4. The Morgan fingerprint density at radius 2 is 2.19 bits per heavy atom. The molecule has 1 atom stereocenters. The lowest BCUT2D eigenvalue weighted by molar-refractivity contribution is 0.291. The second kappa shape index (κ2) is 6.91. The van der Waals surface area contributed by atoms with Crippen LogP contribution in [0.25, 0.3) is 0 Å². The Kier molecular flexibility index (Phi) is 5.20. The first-order chi connectivity index (χ1) is 10.0. The lowest BCUT2D eigenvalue weighted by Gasteiger charge is -2.09. The van der Waals surface area contributed by atoms with Gasteiger partial charge in [0.05, 0.1) is 22.6 Å². The third-order valence-electron chi connectivity index (χ3n) is 3.16. The molecule has 0 fully saturated rings. The maximum atomic E-state index is 6.25. The van der Waals surface area contributed by atoms with Crippen molar-refractivity contribution in [3.8, 4) is 5.75 Å². The van der Waals surface area contributed by atoms with Crippen LogP contribution < -0.4 is 10.5 Å². The first-order valence-electron chi connectivity index (χ1n) is 7.06. The van der Waals surface area contributed by atoms with Crippen molar-refractivity contribution in [1.82, 2.24) is 14.8 Å². The maximum absolute atomic E-state index is 6.25. The van der Waals surface area contributed by atoms with Gasteiger partial charge in [0, 0.05) is 24.7 Å². The topological polar surface area (TPSA) is 66.0 Å². The van der Waals surface area contributed by atoms with E-state index in [0.29, 0.717) is 17.4 Å². The first kappa shape index (κ1) is 15.8. The predicted molar refractivity (Wildman–Crippen MR) is 83.6 cm³/mol. The van der Waals surface area contributed by atoms with E-state index in [1.54, 1.807) is 6.20 Å². The van der Waals surface area contributed by atoms with Gasteiger partial charge in [-0.3, -0.25) is 9.67 Å². The predicted octanol–water partition coefficient (Wildman–Crippen LogP) is 2.73. The van der Waals surface area contributed by atoms with Gasteiger partial charge in [0.25, 0.3) is 0 Å². The highest BCUT2D eigenvalue weighted by atomic mass is 35.5. The van der Waals surface area contributed by atoms with Crippen LogP contribution in [0.1, 0.15) is 30.9 Å². The molecule has 6 heteroatoms. The van der Waals surface area contributed by atoms with Crippen molar-refractivity contribution in [3.63, 3.8) is 0 Å². The largest absolute Gasteiger partial charge is 0.486 e. The third-order valence-corrected chi connectivity index (χ3v) is 3.65. The standard InChI is InChI=1S/C15H21ClN4O/c1-4-20-14(15(16)11(3)19-20)9-21-13-6-5-12(18-8-13)7-10(2)17/h5-6,8,10H,4,7,9,17H2,1-3H3. The van der Waals surface area contributed by atoms with E-state index in [9.17, 15) is 0 Å². The highest BCUT2D eigenvalue weighted by Gasteiger charge is 2.13. The van der Waals surface area contributed by atoms with Crippen LogP contribution in [0.2, 0.25) is 5.02 Å². The molecule has 0 spiro atoms. The van der Waals surface area contributed by atoms with Crippen molar-refractivity contribution in [2.45, 2.75) is 46.4 Å². The molecular weight excluding hydrogens is 288 g/mol. The molecule has 1 unspecified atom stereocenters. The first-order valence-corrected chi connectivity index (χ1v) is 7.44. The Labute approximate surface area is 130 Å². The molecule has 0 aromatic carbocycles. The fraction of sp³-hybridized carbons (Fsp3) is 0.467. The number of hydrogen-bond donors (Lipinski definition) is 1. The van der Waals surface area contributed by atoms with Crippen LogP contribution in [0.3, 0.4) is 0 Å². The summed E-state index contributed by atoms with van der Waals surface area (Å²) in [6, 6.07) is 3.94. The fourth-order valence-electron chi connectivity index (χ4n) is 2.11. The average molecular weight is 309 g/mol. The van der Waals surface area contributed by atoms with E-state index in [-0.39, 0.29) is 6.04 Å². The number of ether oxygens (including phenoxy) is 1. The molecule has 21 heavy (non-hydrogen) atoms. The molecule has 0 aliphatic heterocycles. The summed E-state index contributed by atoms with van der Waals surface area (Å²) in [7, 11) is 0. The van der Waals surface area contributed by atoms with E-state index in [1.807, 2.05) is 37.6 Å². The molecule has 0 bridgehead atoms. The summed E-state index contributed by atoms with van der Waals surface area (Å²) in [4.78, 5) is 4.34. The zero-order valence-corrected chi connectivity index (χ0v) is 13.4. The lowest BCUT2D eigenvalue weighted by atomic mass is 10.2. The molecule has 0 aliphatic carbocycles. The van der Waals surface area contributed by atoms with Gasteiger partial charge in [0.1, 0.15) is 12.4 Å². The highest BCUT2D eigenvalue weighted by Crippen LogP contribution is 2.22. The Morgan fingerprint density at radius 3 is 2.76 bits per heavy atom. The molecule has 2 N–H and O–H groups in total. The Balaban J connectivity index is 2.03. The van der Waals surface area contributed by atoms with Gasteiger partial charge in [-0.2, -0.15) is 5.10 Å². The van der Waals surface area contributed by atoms with Gasteiger partial charge in [-0.1, -0.05) is 11.6 Å². The quantitative estimate of drug-likeness (QED) is 0.891. The van der Waals surface area contributed by atoms with Crippen molar-refractivity contribution < 1.29 is 4.74 Å². The second-order valence-corrected chi connectivity index (χ2v) is 5.50. The smallest absolute Gasteiger partial charge is 0.138 e. The molecule has 2 rings (SSSR count). The summed E-state index contributed by atoms with van der Waals surface area (Å²) in [5.41, 5.74) is 8.42. The van der Waals surface area contributed by atoms with Gasteiger partial charge in [-0.25, -0.2) is 0 Å². The molecule has 2 aromatic heterocycles.